The van der Waals surface area contributed by atoms with Crippen LogP contribution in [-0.2, 0) is 17.6 Å². The van der Waals surface area contributed by atoms with Crippen LogP contribution in [0.5, 0.6) is 0 Å². The SMILES string of the molecule is CCOC(=O)N1CCc2sc(I)c(Br)c2CC1. The summed E-state index contributed by atoms with van der Waals surface area (Å²) >= 11 is 7.80. The highest BCUT2D eigenvalue weighted by Crippen LogP contribution is 2.36. The number of hydrogen-bond acceptors (Lipinski definition) is 3. The van der Waals surface area contributed by atoms with Gasteiger partial charge in [0.15, 0.2) is 0 Å². The second kappa shape index (κ2) is 5.88. The molecule has 17 heavy (non-hydrogen) atoms. The molecular formula is C11H13BrINO2S. The zero-order chi connectivity index (χ0) is 12.4. The fourth-order valence-corrected chi connectivity index (χ4v) is 4.78. The van der Waals surface area contributed by atoms with E-state index in [9.17, 15) is 4.79 Å². The van der Waals surface area contributed by atoms with Crippen molar-refractivity contribution < 1.29 is 9.53 Å². The lowest BCUT2D eigenvalue weighted by atomic mass is 10.2. The van der Waals surface area contributed by atoms with Crippen LogP contribution in [0.4, 0.5) is 4.79 Å². The van der Waals surface area contributed by atoms with Gasteiger partial charge in [-0.1, -0.05) is 0 Å². The van der Waals surface area contributed by atoms with E-state index in [1.54, 1.807) is 4.90 Å². The van der Waals surface area contributed by atoms with Crippen molar-refractivity contribution in [2.24, 2.45) is 0 Å². The number of carbonyl (C=O) groups excluding carboxylic acids is 1. The number of rotatable bonds is 1. The zero-order valence-corrected chi connectivity index (χ0v) is 14.0. The fraction of sp³-hybridized carbons (Fsp3) is 0.545. The minimum atomic E-state index is -0.187. The van der Waals surface area contributed by atoms with Crippen LogP contribution in [0.15, 0.2) is 4.47 Å². The number of nitrogens with zero attached hydrogens (tertiary/aromatic N) is 1. The van der Waals surface area contributed by atoms with Crippen molar-refractivity contribution in [1.29, 1.82) is 0 Å². The van der Waals surface area contributed by atoms with Gasteiger partial charge in [-0.05, 0) is 63.8 Å². The first kappa shape index (κ1) is 13.6. The number of fused-ring (bicyclic) bond motifs is 1. The average Bonchev–Trinajstić information content (AvgIpc) is 2.50. The van der Waals surface area contributed by atoms with Crippen molar-refractivity contribution in [1.82, 2.24) is 4.90 Å². The Hall–Kier alpha value is 0.180. The number of ether oxygens (including phenoxy) is 1. The van der Waals surface area contributed by atoms with Gasteiger partial charge in [-0.15, -0.1) is 11.3 Å². The summed E-state index contributed by atoms with van der Waals surface area (Å²) in [6.45, 7) is 3.79. The molecule has 0 saturated heterocycles. The summed E-state index contributed by atoms with van der Waals surface area (Å²) in [5.74, 6) is 0. The van der Waals surface area contributed by atoms with Gasteiger partial charge in [0, 0.05) is 22.4 Å². The minimum absolute atomic E-state index is 0.187. The Bertz CT molecular complexity index is 435. The minimum Gasteiger partial charge on any atom is -0.450 e. The molecule has 2 heterocycles. The molecule has 0 aromatic carbocycles. The van der Waals surface area contributed by atoms with E-state index in [0.717, 1.165) is 25.9 Å². The molecule has 2 rings (SSSR count). The Morgan fingerprint density at radius 3 is 2.94 bits per heavy atom. The van der Waals surface area contributed by atoms with Crippen molar-refractivity contribution >= 4 is 56.0 Å². The van der Waals surface area contributed by atoms with Crippen LogP contribution in [0.1, 0.15) is 17.4 Å². The van der Waals surface area contributed by atoms with Gasteiger partial charge in [-0.3, -0.25) is 0 Å². The van der Waals surface area contributed by atoms with Gasteiger partial charge < -0.3 is 9.64 Å². The first-order valence-corrected chi connectivity index (χ1v) is 8.19. The maximum atomic E-state index is 11.7. The van der Waals surface area contributed by atoms with E-state index in [1.165, 1.54) is 17.8 Å². The number of amides is 1. The lowest BCUT2D eigenvalue weighted by Crippen LogP contribution is -2.33. The van der Waals surface area contributed by atoms with Crippen LogP contribution < -0.4 is 0 Å². The molecule has 1 aliphatic heterocycles. The monoisotopic (exact) mass is 429 g/mol. The van der Waals surface area contributed by atoms with E-state index < -0.39 is 0 Å². The molecule has 0 N–H and O–H groups in total. The molecule has 1 amide bonds. The Balaban J connectivity index is 2.10. The Morgan fingerprint density at radius 1 is 1.53 bits per heavy atom. The molecule has 0 radical (unpaired) electrons. The maximum Gasteiger partial charge on any atom is 0.409 e. The first-order valence-electron chi connectivity index (χ1n) is 5.50. The first-order chi connectivity index (χ1) is 8.13. The lowest BCUT2D eigenvalue weighted by Gasteiger charge is -2.19. The van der Waals surface area contributed by atoms with E-state index in [0.29, 0.717) is 6.61 Å². The summed E-state index contributed by atoms with van der Waals surface area (Å²) in [4.78, 5) is 14.9. The predicted octanol–water partition coefficient (Wildman–Crippen LogP) is 3.67. The molecule has 0 saturated carbocycles. The summed E-state index contributed by atoms with van der Waals surface area (Å²) in [7, 11) is 0. The number of thiophene rings is 1. The largest absolute Gasteiger partial charge is 0.450 e. The highest BCUT2D eigenvalue weighted by Gasteiger charge is 2.23. The van der Waals surface area contributed by atoms with E-state index in [4.69, 9.17) is 4.74 Å². The molecular weight excluding hydrogens is 417 g/mol. The Labute approximate surface area is 127 Å². The van der Waals surface area contributed by atoms with Crippen LogP contribution in [0.25, 0.3) is 0 Å². The molecule has 94 valence electrons. The van der Waals surface area contributed by atoms with Crippen LogP contribution >= 0.6 is 49.9 Å². The van der Waals surface area contributed by atoms with Gasteiger partial charge in [0.1, 0.15) is 0 Å². The van der Waals surface area contributed by atoms with E-state index in [2.05, 4.69) is 38.5 Å². The zero-order valence-electron chi connectivity index (χ0n) is 9.46. The van der Waals surface area contributed by atoms with Gasteiger partial charge in [-0.2, -0.15) is 0 Å². The second-order valence-corrected chi connectivity index (χ2v) is 7.49. The number of carbonyl (C=O) groups is 1. The molecule has 0 spiro atoms. The summed E-state index contributed by atoms with van der Waals surface area (Å²) in [6, 6.07) is 0. The van der Waals surface area contributed by atoms with Crippen molar-refractivity contribution in [2.75, 3.05) is 19.7 Å². The molecule has 0 unspecified atom stereocenters. The maximum absolute atomic E-state index is 11.7. The highest BCUT2D eigenvalue weighted by molar-refractivity contribution is 14.1. The quantitative estimate of drug-likeness (QED) is 0.637. The Morgan fingerprint density at radius 2 is 2.24 bits per heavy atom. The lowest BCUT2D eigenvalue weighted by molar-refractivity contribution is 0.109. The summed E-state index contributed by atoms with van der Waals surface area (Å²) in [5, 5.41) is 0. The molecule has 6 heteroatoms. The third-order valence-electron chi connectivity index (χ3n) is 2.75. The van der Waals surface area contributed by atoms with Crippen LogP contribution in [-0.4, -0.2) is 30.7 Å². The average molecular weight is 430 g/mol. The molecule has 0 atom stereocenters. The van der Waals surface area contributed by atoms with Gasteiger partial charge in [0.2, 0.25) is 0 Å². The van der Waals surface area contributed by atoms with Gasteiger partial charge in [0.05, 0.1) is 9.49 Å². The normalized spacial score (nSPS) is 15.4. The molecule has 0 bridgehead atoms. The molecule has 1 aromatic rings. The molecule has 1 aliphatic rings. The van der Waals surface area contributed by atoms with Crippen molar-refractivity contribution in [2.45, 2.75) is 19.8 Å². The van der Waals surface area contributed by atoms with E-state index in [-0.39, 0.29) is 6.09 Å². The summed E-state index contributed by atoms with van der Waals surface area (Å²) in [5.41, 5.74) is 1.37. The predicted molar refractivity (Wildman–Crippen MR) is 80.7 cm³/mol. The third-order valence-corrected chi connectivity index (χ3v) is 6.91. The van der Waals surface area contributed by atoms with Gasteiger partial charge >= 0.3 is 6.09 Å². The van der Waals surface area contributed by atoms with E-state index >= 15 is 0 Å². The van der Waals surface area contributed by atoms with Crippen LogP contribution in [0.2, 0.25) is 0 Å². The van der Waals surface area contributed by atoms with E-state index in [1.807, 2.05) is 18.3 Å². The number of hydrogen-bond donors (Lipinski definition) is 0. The smallest absolute Gasteiger partial charge is 0.409 e. The number of halogens is 2. The molecule has 3 nitrogen and oxygen atoms in total. The van der Waals surface area contributed by atoms with Crippen LogP contribution in [0, 0.1) is 2.88 Å². The van der Waals surface area contributed by atoms with Crippen LogP contribution in [0.3, 0.4) is 0 Å². The third kappa shape index (κ3) is 2.96. The Kier molecular flexibility index (Phi) is 4.71. The molecule has 1 aromatic heterocycles. The van der Waals surface area contributed by atoms with Crippen molar-refractivity contribution in [3.63, 3.8) is 0 Å². The van der Waals surface area contributed by atoms with Gasteiger partial charge in [-0.25, -0.2) is 4.79 Å². The standard InChI is InChI=1S/C11H13BrINO2S/c1-2-16-11(15)14-5-3-7-8(4-6-14)17-10(13)9(7)12/h2-6H2,1H3. The highest BCUT2D eigenvalue weighted by atomic mass is 127. The van der Waals surface area contributed by atoms with Crippen molar-refractivity contribution in [3.8, 4) is 0 Å². The second-order valence-electron chi connectivity index (χ2n) is 3.78. The summed E-state index contributed by atoms with van der Waals surface area (Å²) < 4.78 is 7.56. The topological polar surface area (TPSA) is 29.5 Å². The fourth-order valence-electron chi connectivity index (χ4n) is 1.90. The summed E-state index contributed by atoms with van der Waals surface area (Å²) in [6.07, 6.45) is 1.66. The molecule has 0 fully saturated rings. The molecule has 0 aliphatic carbocycles. The van der Waals surface area contributed by atoms with Crippen molar-refractivity contribution in [3.05, 3.63) is 17.8 Å². The van der Waals surface area contributed by atoms with Gasteiger partial charge in [0.25, 0.3) is 0 Å².